The first-order valence-electron chi connectivity index (χ1n) is 9.21. The van der Waals surface area contributed by atoms with Gasteiger partial charge < -0.3 is 10.0 Å². The normalized spacial score (nSPS) is 22.0. The van der Waals surface area contributed by atoms with Gasteiger partial charge in [0.1, 0.15) is 0 Å². The molecule has 0 spiro atoms. The summed E-state index contributed by atoms with van der Waals surface area (Å²) in [5.41, 5.74) is 1.85. The number of hydrogen-bond donors (Lipinski definition) is 1. The van der Waals surface area contributed by atoms with Gasteiger partial charge in [-0.3, -0.25) is 4.79 Å². The van der Waals surface area contributed by atoms with E-state index in [1.165, 1.54) is 5.56 Å². The standard InChI is InChI=1S/C22H27NO2/c1-2-22(16-18-10-5-3-6-11-18)14-9-15-23(21(22)25)20(17-24)19-12-7-4-8-13-19/h3-8,10-13,20,24H,2,9,14-17H2,1H3/t20-,22+/m1/s1. The summed E-state index contributed by atoms with van der Waals surface area (Å²) in [5.74, 6) is 0.188. The Morgan fingerprint density at radius 2 is 1.72 bits per heavy atom. The van der Waals surface area contributed by atoms with Crippen molar-refractivity contribution >= 4 is 5.91 Å². The quantitative estimate of drug-likeness (QED) is 0.866. The van der Waals surface area contributed by atoms with E-state index < -0.39 is 0 Å². The Morgan fingerprint density at radius 1 is 1.08 bits per heavy atom. The summed E-state index contributed by atoms with van der Waals surface area (Å²) in [6.45, 7) is 2.79. The van der Waals surface area contributed by atoms with E-state index in [-0.39, 0.29) is 24.0 Å². The Kier molecular flexibility index (Phi) is 5.54. The molecule has 3 nitrogen and oxygen atoms in total. The average Bonchev–Trinajstić information content (AvgIpc) is 2.67. The molecule has 0 aliphatic carbocycles. The second-order valence-electron chi connectivity index (χ2n) is 7.01. The van der Waals surface area contributed by atoms with Gasteiger partial charge in [-0.15, -0.1) is 0 Å². The molecule has 0 radical (unpaired) electrons. The molecule has 2 aromatic carbocycles. The lowest BCUT2D eigenvalue weighted by atomic mass is 9.72. The Hall–Kier alpha value is -2.13. The van der Waals surface area contributed by atoms with E-state index in [0.717, 1.165) is 37.8 Å². The van der Waals surface area contributed by atoms with Crippen molar-refractivity contribution in [2.24, 2.45) is 5.41 Å². The Labute approximate surface area is 150 Å². The fourth-order valence-electron chi connectivity index (χ4n) is 4.06. The van der Waals surface area contributed by atoms with Gasteiger partial charge in [0.25, 0.3) is 0 Å². The lowest BCUT2D eigenvalue weighted by molar-refractivity contribution is -0.151. The molecule has 2 aromatic rings. The molecule has 1 N–H and O–H groups in total. The highest BCUT2D eigenvalue weighted by Crippen LogP contribution is 2.40. The van der Waals surface area contributed by atoms with Gasteiger partial charge in [-0.1, -0.05) is 67.6 Å². The SMILES string of the molecule is CC[C@@]1(Cc2ccccc2)CCCN([C@H](CO)c2ccccc2)C1=O. The lowest BCUT2D eigenvalue weighted by Gasteiger charge is -2.44. The smallest absolute Gasteiger partial charge is 0.229 e. The van der Waals surface area contributed by atoms with Crippen molar-refractivity contribution in [2.45, 2.75) is 38.6 Å². The van der Waals surface area contributed by atoms with Gasteiger partial charge in [-0.2, -0.15) is 0 Å². The van der Waals surface area contributed by atoms with Crippen LogP contribution in [-0.4, -0.2) is 29.1 Å². The zero-order valence-electron chi connectivity index (χ0n) is 14.9. The first kappa shape index (κ1) is 17.7. The van der Waals surface area contributed by atoms with Crippen LogP contribution in [0.4, 0.5) is 0 Å². The van der Waals surface area contributed by atoms with E-state index in [2.05, 4.69) is 19.1 Å². The van der Waals surface area contributed by atoms with Crippen molar-refractivity contribution in [1.29, 1.82) is 0 Å². The maximum atomic E-state index is 13.5. The minimum absolute atomic E-state index is 0.0408. The largest absolute Gasteiger partial charge is 0.394 e. The van der Waals surface area contributed by atoms with E-state index in [4.69, 9.17) is 0 Å². The molecular formula is C22H27NO2. The molecule has 1 aliphatic rings. The van der Waals surface area contributed by atoms with Crippen molar-refractivity contribution < 1.29 is 9.90 Å². The number of likely N-dealkylation sites (tertiary alicyclic amines) is 1. The number of nitrogens with zero attached hydrogens (tertiary/aromatic N) is 1. The minimum atomic E-state index is -0.359. The molecule has 1 heterocycles. The fourth-order valence-corrected chi connectivity index (χ4v) is 4.06. The molecule has 25 heavy (non-hydrogen) atoms. The second-order valence-corrected chi connectivity index (χ2v) is 7.01. The summed E-state index contributed by atoms with van der Waals surface area (Å²) in [6, 6.07) is 19.9. The number of hydrogen-bond acceptors (Lipinski definition) is 2. The van der Waals surface area contributed by atoms with E-state index in [1.807, 2.05) is 53.4 Å². The molecule has 3 rings (SSSR count). The van der Waals surface area contributed by atoms with E-state index >= 15 is 0 Å². The van der Waals surface area contributed by atoms with Crippen LogP contribution in [-0.2, 0) is 11.2 Å². The van der Waals surface area contributed by atoms with Crippen LogP contribution >= 0.6 is 0 Å². The van der Waals surface area contributed by atoms with E-state index in [9.17, 15) is 9.90 Å². The summed E-state index contributed by atoms with van der Waals surface area (Å²) in [7, 11) is 0. The molecule has 0 aromatic heterocycles. The zero-order valence-corrected chi connectivity index (χ0v) is 14.9. The number of aliphatic hydroxyl groups excluding tert-OH is 1. The van der Waals surface area contributed by atoms with Crippen molar-refractivity contribution in [1.82, 2.24) is 4.90 Å². The molecule has 2 atom stereocenters. The van der Waals surface area contributed by atoms with Crippen LogP contribution in [0.5, 0.6) is 0 Å². The number of amides is 1. The Morgan fingerprint density at radius 3 is 2.32 bits per heavy atom. The van der Waals surface area contributed by atoms with E-state index in [0.29, 0.717) is 0 Å². The number of piperidine rings is 1. The monoisotopic (exact) mass is 337 g/mol. The third kappa shape index (κ3) is 3.62. The topological polar surface area (TPSA) is 40.5 Å². The van der Waals surface area contributed by atoms with Crippen molar-refractivity contribution in [3.8, 4) is 0 Å². The van der Waals surface area contributed by atoms with Crippen LogP contribution in [0.25, 0.3) is 0 Å². The van der Waals surface area contributed by atoms with Gasteiger partial charge in [0.05, 0.1) is 18.1 Å². The first-order chi connectivity index (χ1) is 12.2. The predicted molar refractivity (Wildman–Crippen MR) is 100 cm³/mol. The molecule has 1 saturated heterocycles. The molecule has 1 fully saturated rings. The molecule has 0 unspecified atom stereocenters. The second kappa shape index (κ2) is 7.83. The first-order valence-corrected chi connectivity index (χ1v) is 9.21. The highest BCUT2D eigenvalue weighted by Gasteiger charge is 2.44. The van der Waals surface area contributed by atoms with E-state index in [1.54, 1.807) is 0 Å². The third-order valence-corrected chi connectivity index (χ3v) is 5.56. The molecule has 1 aliphatic heterocycles. The van der Waals surface area contributed by atoms with Gasteiger partial charge in [-0.05, 0) is 36.8 Å². The predicted octanol–water partition coefficient (Wildman–Crippen LogP) is 3.98. The van der Waals surface area contributed by atoms with Gasteiger partial charge >= 0.3 is 0 Å². The van der Waals surface area contributed by atoms with Crippen molar-refractivity contribution in [3.63, 3.8) is 0 Å². The Balaban J connectivity index is 1.88. The maximum absolute atomic E-state index is 13.5. The van der Waals surface area contributed by atoms with Gasteiger partial charge in [0.15, 0.2) is 0 Å². The summed E-state index contributed by atoms with van der Waals surface area (Å²) in [6.07, 6.45) is 3.49. The molecule has 3 heteroatoms. The zero-order chi connectivity index (χ0) is 17.7. The van der Waals surface area contributed by atoms with Crippen LogP contribution < -0.4 is 0 Å². The number of carbonyl (C=O) groups excluding carboxylic acids is 1. The molecule has 1 amide bonds. The fraction of sp³-hybridized carbons (Fsp3) is 0.409. The number of rotatable bonds is 6. The lowest BCUT2D eigenvalue weighted by Crippen LogP contribution is -2.51. The summed E-state index contributed by atoms with van der Waals surface area (Å²) in [4.78, 5) is 15.4. The third-order valence-electron chi connectivity index (χ3n) is 5.56. The summed E-state index contributed by atoms with van der Waals surface area (Å²) >= 11 is 0. The number of benzene rings is 2. The minimum Gasteiger partial charge on any atom is -0.394 e. The van der Waals surface area contributed by atoms with Crippen LogP contribution in [0, 0.1) is 5.41 Å². The highest BCUT2D eigenvalue weighted by atomic mass is 16.3. The van der Waals surface area contributed by atoms with Gasteiger partial charge in [0, 0.05) is 6.54 Å². The molecule has 132 valence electrons. The molecular weight excluding hydrogens is 310 g/mol. The number of aliphatic hydroxyl groups is 1. The number of carbonyl (C=O) groups is 1. The van der Waals surface area contributed by atoms with Crippen LogP contribution in [0.1, 0.15) is 43.4 Å². The molecule has 0 bridgehead atoms. The van der Waals surface area contributed by atoms with Crippen molar-refractivity contribution in [3.05, 3.63) is 71.8 Å². The van der Waals surface area contributed by atoms with Gasteiger partial charge in [0.2, 0.25) is 5.91 Å². The highest BCUT2D eigenvalue weighted by molar-refractivity contribution is 5.84. The summed E-state index contributed by atoms with van der Waals surface area (Å²) in [5, 5.41) is 9.99. The van der Waals surface area contributed by atoms with Crippen LogP contribution in [0.2, 0.25) is 0 Å². The average molecular weight is 337 g/mol. The van der Waals surface area contributed by atoms with Crippen LogP contribution in [0.3, 0.4) is 0 Å². The Bertz CT molecular complexity index is 686. The van der Waals surface area contributed by atoms with Crippen LogP contribution in [0.15, 0.2) is 60.7 Å². The molecule has 0 saturated carbocycles. The van der Waals surface area contributed by atoms with Crippen molar-refractivity contribution in [2.75, 3.05) is 13.2 Å². The summed E-state index contributed by atoms with van der Waals surface area (Å²) < 4.78 is 0. The van der Waals surface area contributed by atoms with Gasteiger partial charge in [-0.25, -0.2) is 0 Å². The maximum Gasteiger partial charge on any atom is 0.229 e.